The number of hydrogen-bond acceptors (Lipinski definition) is 1. The third-order valence-electron chi connectivity index (χ3n) is 5.82. The van der Waals surface area contributed by atoms with Gasteiger partial charge in [-0.3, -0.25) is 4.79 Å². The molecule has 1 aromatic carbocycles. The zero-order valence-electron chi connectivity index (χ0n) is 14.5. The van der Waals surface area contributed by atoms with Crippen LogP contribution in [0.15, 0.2) is 24.3 Å². The Hall–Kier alpha value is -1.45. The molecule has 1 aliphatic rings. The second-order valence-corrected chi connectivity index (χ2v) is 6.62. The number of halogens is 2. The van der Waals surface area contributed by atoms with Crippen LogP contribution in [0.2, 0.25) is 0 Å². The Labute approximate surface area is 137 Å². The molecular weight excluding hydrogens is 296 g/mol. The number of amides is 1. The zero-order chi connectivity index (χ0) is 17.3. The maximum absolute atomic E-state index is 14.1. The molecule has 0 saturated heterocycles. The van der Waals surface area contributed by atoms with Crippen molar-refractivity contribution < 1.29 is 13.6 Å². The minimum absolute atomic E-state index is 0.170. The van der Waals surface area contributed by atoms with E-state index < -0.39 is 17.3 Å². The Kier molecular flexibility index (Phi) is 5.12. The van der Waals surface area contributed by atoms with Crippen LogP contribution in [-0.4, -0.2) is 18.9 Å². The maximum Gasteiger partial charge on any atom is 0.245 e. The Bertz CT molecular complexity index is 568. The number of para-hydroxylation sites is 1. The summed E-state index contributed by atoms with van der Waals surface area (Å²) in [6.07, 6.45) is -0.149. The lowest BCUT2D eigenvalue weighted by atomic mass is 9.58. The lowest BCUT2D eigenvalue weighted by molar-refractivity contribution is -0.136. The Morgan fingerprint density at radius 2 is 1.78 bits per heavy atom. The third-order valence-corrected chi connectivity index (χ3v) is 5.82. The summed E-state index contributed by atoms with van der Waals surface area (Å²) in [5.41, 5.74) is -0.943. The number of anilines is 1. The molecule has 0 bridgehead atoms. The lowest BCUT2D eigenvalue weighted by Gasteiger charge is -2.44. The highest BCUT2D eigenvalue weighted by Gasteiger charge is 2.62. The van der Waals surface area contributed by atoms with E-state index in [4.69, 9.17) is 0 Å². The second kappa shape index (κ2) is 6.58. The average molecular weight is 323 g/mol. The van der Waals surface area contributed by atoms with Gasteiger partial charge in [-0.2, -0.15) is 0 Å². The highest BCUT2D eigenvalue weighted by atomic mass is 19.3. The first kappa shape index (κ1) is 17.9. The summed E-state index contributed by atoms with van der Waals surface area (Å²) in [5, 5.41) is 0. The SMILES string of the molecule is CCCCN1C(=O)C(C)(C(CC)(CC)C(F)F)c2ccccc21. The summed E-state index contributed by atoms with van der Waals surface area (Å²) >= 11 is 0. The average Bonchev–Trinajstić information content (AvgIpc) is 2.77. The Morgan fingerprint density at radius 3 is 2.30 bits per heavy atom. The molecule has 0 saturated carbocycles. The van der Waals surface area contributed by atoms with Crippen LogP contribution in [0.5, 0.6) is 0 Å². The molecule has 0 radical (unpaired) electrons. The van der Waals surface area contributed by atoms with Gasteiger partial charge in [0.05, 0.1) is 5.41 Å². The number of carbonyl (C=O) groups is 1. The molecule has 0 aliphatic carbocycles. The number of carbonyl (C=O) groups excluding carboxylic acids is 1. The van der Waals surface area contributed by atoms with E-state index in [1.165, 1.54) is 0 Å². The van der Waals surface area contributed by atoms with Crippen LogP contribution >= 0.6 is 0 Å². The first-order chi connectivity index (χ1) is 10.9. The first-order valence-electron chi connectivity index (χ1n) is 8.60. The summed E-state index contributed by atoms with van der Waals surface area (Å²) < 4.78 is 28.3. The number of nitrogens with zero attached hydrogens (tertiary/aromatic N) is 1. The van der Waals surface area contributed by atoms with Gasteiger partial charge < -0.3 is 4.90 Å². The zero-order valence-corrected chi connectivity index (χ0v) is 14.5. The van der Waals surface area contributed by atoms with Gasteiger partial charge in [0, 0.05) is 17.6 Å². The fraction of sp³-hybridized carbons (Fsp3) is 0.632. The fourth-order valence-electron chi connectivity index (χ4n) is 4.13. The summed E-state index contributed by atoms with van der Waals surface area (Å²) in [5.74, 6) is -0.170. The van der Waals surface area contributed by atoms with Gasteiger partial charge in [0.15, 0.2) is 0 Å². The molecule has 0 spiro atoms. The van der Waals surface area contributed by atoms with Gasteiger partial charge in [-0.05, 0) is 37.8 Å². The molecule has 0 fully saturated rings. The number of hydrogen-bond donors (Lipinski definition) is 0. The molecule has 0 aromatic heterocycles. The van der Waals surface area contributed by atoms with E-state index in [-0.39, 0.29) is 18.7 Å². The van der Waals surface area contributed by atoms with E-state index in [0.29, 0.717) is 6.54 Å². The van der Waals surface area contributed by atoms with Crippen LogP contribution in [0.3, 0.4) is 0 Å². The van der Waals surface area contributed by atoms with Crippen molar-refractivity contribution in [3.05, 3.63) is 29.8 Å². The van der Waals surface area contributed by atoms with E-state index in [1.807, 2.05) is 24.3 Å². The number of unbranched alkanes of at least 4 members (excludes halogenated alkanes) is 1. The van der Waals surface area contributed by atoms with Crippen molar-refractivity contribution in [1.29, 1.82) is 0 Å². The van der Waals surface area contributed by atoms with Gasteiger partial charge in [-0.1, -0.05) is 45.4 Å². The molecule has 23 heavy (non-hydrogen) atoms. The van der Waals surface area contributed by atoms with Gasteiger partial charge in [0.1, 0.15) is 0 Å². The predicted octanol–water partition coefficient (Wildman–Crippen LogP) is 5.16. The largest absolute Gasteiger partial charge is 0.311 e. The standard InChI is InChI=1S/C19H27F2NO/c1-5-8-13-22-15-12-10-9-11-14(15)18(4,17(22)23)19(6-2,7-3)16(20)21/h9-12,16H,5-8,13H2,1-4H3. The molecule has 1 atom stereocenters. The van der Waals surface area contributed by atoms with Crippen molar-refractivity contribution in [1.82, 2.24) is 0 Å². The van der Waals surface area contributed by atoms with Gasteiger partial charge >= 0.3 is 0 Å². The topological polar surface area (TPSA) is 20.3 Å². The molecule has 0 N–H and O–H groups in total. The van der Waals surface area contributed by atoms with Crippen LogP contribution in [0.4, 0.5) is 14.5 Å². The van der Waals surface area contributed by atoms with Gasteiger partial charge in [-0.25, -0.2) is 8.78 Å². The number of rotatable bonds is 7. The summed E-state index contributed by atoms with van der Waals surface area (Å²) in [6.45, 7) is 7.91. The number of alkyl halides is 2. The molecule has 1 heterocycles. The molecule has 1 aliphatic heterocycles. The predicted molar refractivity (Wildman–Crippen MR) is 90.1 cm³/mol. The van der Waals surface area contributed by atoms with Crippen LogP contribution in [0, 0.1) is 5.41 Å². The van der Waals surface area contributed by atoms with Crippen LogP contribution in [0.1, 0.15) is 58.9 Å². The van der Waals surface area contributed by atoms with Crippen molar-refractivity contribution in [3.63, 3.8) is 0 Å². The Morgan fingerprint density at radius 1 is 1.17 bits per heavy atom. The molecular formula is C19H27F2NO. The third kappa shape index (κ3) is 2.38. The van der Waals surface area contributed by atoms with E-state index in [1.54, 1.807) is 25.7 Å². The molecule has 4 heteroatoms. The van der Waals surface area contributed by atoms with Crippen molar-refractivity contribution in [2.45, 2.75) is 65.2 Å². The lowest BCUT2D eigenvalue weighted by Crippen LogP contribution is -2.54. The van der Waals surface area contributed by atoms with Crippen molar-refractivity contribution in [3.8, 4) is 0 Å². The summed E-state index contributed by atoms with van der Waals surface area (Å²) in [6, 6.07) is 7.45. The van der Waals surface area contributed by atoms with E-state index in [0.717, 1.165) is 24.1 Å². The Balaban J connectivity index is 2.64. The van der Waals surface area contributed by atoms with E-state index >= 15 is 0 Å². The summed E-state index contributed by atoms with van der Waals surface area (Å²) in [7, 11) is 0. The maximum atomic E-state index is 14.1. The molecule has 128 valence electrons. The van der Waals surface area contributed by atoms with Crippen LogP contribution in [-0.2, 0) is 10.2 Å². The number of benzene rings is 1. The van der Waals surface area contributed by atoms with Gasteiger partial charge in [0.2, 0.25) is 12.3 Å². The van der Waals surface area contributed by atoms with Crippen molar-refractivity contribution in [2.24, 2.45) is 5.41 Å². The van der Waals surface area contributed by atoms with Crippen LogP contribution < -0.4 is 4.90 Å². The minimum Gasteiger partial charge on any atom is -0.311 e. The quantitative estimate of drug-likeness (QED) is 0.678. The van der Waals surface area contributed by atoms with E-state index in [2.05, 4.69) is 6.92 Å². The second-order valence-electron chi connectivity index (χ2n) is 6.62. The summed E-state index contributed by atoms with van der Waals surface area (Å²) in [4.78, 5) is 15.0. The fourth-order valence-corrected chi connectivity index (χ4v) is 4.13. The van der Waals surface area contributed by atoms with Crippen molar-refractivity contribution in [2.75, 3.05) is 11.4 Å². The van der Waals surface area contributed by atoms with E-state index in [9.17, 15) is 13.6 Å². The highest BCUT2D eigenvalue weighted by molar-refractivity contribution is 6.08. The molecule has 1 amide bonds. The molecule has 2 rings (SSSR count). The smallest absolute Gasteiger partial charge is 0.245 e. The minimum atomic E-state index is -2.54. The van der Waals surface area contributed by atoms with Crippen LogP contribution in [0.25, 0.3) is 0 Å². The van der Waals surface area contributed by atoms with Gasteiger partial charge in [0.25, 0.3) is 0 Å². The highest BCUT2D eigenvalue weighted by Crippen LogP contribution is 2.57. The van der Waals surface area contributed by atoms with Gasteiger partial charge in [-0.15, -0.1) is 0 Å². The van der Waals surface area contributed by atoms with Crippen molar-refractivity contribution >= 4 is 11.6 Å². The molecule has 1 unspecified atom stereocenters. The molecule has 2 nitrogen and oxygen atoms in total. The normalized spacial score (nSPS) is 21.2. The first-order valence-corrected chi connectivity index (χ1v) is 8.60. The monoisotopic (exact) mass is 323 g/mol. The molecule has 1 aromatic rings. The number of fused-ring (bicyclic) bond motifs is 1.